The number of nitrogens with one attached hydrogen (secondary N) is 1. The van der Waals surface area contributed by atoms with Gasteiger partial charge in [0.15, 0.2) is 0 Å². The number of halogens is 2. The van der Waals surface area contributed by atoms with Crippen molar-refractivity contribution in [2.45, 2.75) is 12.3 Å². The molecule has 1 fully saturated rings. The Morgan fingerprint density at radius 1 is 1.25 bits per heavy atom. The van der Waals surface area contributed by atoms with Gasteiger partial charge in [0.1, 0.15) is 11.6 Å². The lowest BCUT2D eigenvalue weighted by atomic mass is 10.1. The van der Waals surface area contributed by atoms with Gasteiger partial charge in [-0.15, -0.1) is 0 Å². The summed E-state index contributed by atoms with van der Waals surface area (Å²) in [4.78, 5) is 16.1. The molecule has 3 nitrogen and oxygen atoms in total. The van der Waals surface area contributed by atoms with Gasteiger partial charge < -0.3 is 5.32 Å². The van der Waals surface area contributed by atoms with E-state index in [1.54, 1.807) is 24.3 Å². The third-order valence-electron chi connectivity index (χ3n) is 3.40. The molecule has 1 heterocycles. The minimum absolute atomic E-state index is 0.0610. The summed E-state index contributed by atoms with van der Waals surface area (Å²) in [6.45, 7) is 0. The molecule has 2 aromatic rings. The Bertz CT molecular complexity index is 627. The molecule has 1 saturated carbocycles. The number of benzene rings is 1. The van der Waals surface area contributed by atoms with E-state index in [9.17, 15) is 9.18 Å². The molecule has 0 bridgehead atoms. The number of carbonyl (C=O) groups excluding carboxylic acids is 1. The Labute approximate surface area is 120 Å². The highest BCUT2D eigenvalue weighted by Crippen LogP contribution is 2.47. The number of amides is 1. The first kappa shape index (κ1) is 13.1. The van der Waals surface area contributed by atoms with Crippen molar-refractivity contribution < 1.29 is 9.18 Å². The van der Waals surface area contributed by atoms with Crippen LogP contribution in [0, 0.1) is 11.7 Å². The normalized spacial score (nSPS) is 20.5. The zero-order valence-corrected chi connectivity index (χ0v) is 11.3. The molecular weight excluding hydrogens is 279 g/mol. The number of nitrogens with zero attached hydrogens (tertiary/aromatic N) is 1. The first-order valence-electron chi connectivity index (χ1n) is 6.31. The molecule has 0 radical (unpaired) electrons. The monoisotopic (exact) mass is 290 g/mol. The molecule has 3 rings (SSSR count). The number of aromatic nitrogens is 1. The van der Waals surface area contributed by atoms with E-state index in [0.717, 1.165) is 12.0 Å². The van der Waals surface area contributed by atoms with Gasteiger partial charge in [0.2, 0.25) is 5.91 Å². The van der Waals surface area contributed by atoms with E-state index in [4.69, 9.17) is 11.6 Å². The zero-order valence-electron chi connectivity index (χ0n) is 10.5. The Morgan fingerprint density at radius 3 is 2.65 bits per heavy atom. The van der Waals surface area contributed by atoms with Gasteiger partial charge in [-0.25, -0.2) is 9.37 Å². The molecule has 1 aliphatic carbocycles. The van der Waals surface area contributed by atoms with Gasteiger partial charge in [-0.05, 0) is 42.2 Å². The fourth-order valence-electron chi connectivity index (χ4n) is 2.23. The Balaban J connectivity index is 1.62. The van der Waals surface area contributed by atoms with Gasteiger partial charge in [-0.1, -0.05) is 23.7 Å². The maximum atomic E-state index is 12.8. The van der Waals surface area contributed by atoms with Crippen LogP contribution in [0.2, 0.25) is 5.02 Å². The largest absolute Gasteiger partial charge is 0.310 e. The minimum Gasteiger partial charge on any atom is -0.310 e. The summed E-state index contributed by atoms with van der Waals surface area (Å²) in [6.07, 6.45) is 2.27. The molecular formula is C15H12ClFN2O. The van der Waals surface area contributed by atoms with Crippen molar-refractivity contribution in [1.29, 1.82) is 0 Å². The summed E-state index contributed by atoms with van der Waals surface area (Å²) < 4.78 is 12.8. The zero-order chi connectivity index (χ0) is 14.1. The fourth-order valence-corrected chi connectivity index (χ4v) is 2.34. The maximum Gasteiger partial charge on any atom is 0.229 e. The lowest BCUT2D eigenvalue weighted by Crippen LogP contribution is -2.15. The molecule has 1 N–H and O–H groups in total. The van der Waals surface area contributed by atoms with Crippen LogP contribution >= 0.6 is 11.6 Å². The van der Waals surface area contributed by atoms with Crippen LogP contribution in [0.1, 0.15) is 17.9 Å². The van der Waals surface area contributed by atoms with Crippen molar-refractivity contribution in [3.05, 3.63) is 59.0 Å². The number of rotatable bonds is 3. The van der Waals surface area contributed by atoms with Gasteiger partial charge >= 0.3 is 0 Å². The molecule has 20 heavy (non-hydrogen) atoms. The second kappa shape index (κ2) is 5.21. The summed E-state index contributed by atoms with van der Waals surface area (Å²) in [5.74, 6) is 0.264. The quantitative estimate of drug-likeness (QED) is 0.938. The van der Waals surface area contributed by atoms with E-state index in [0.29, 0.717) is 10.8 Å². The van der Waals surface area contributed by atoms with Crippen LogP contribution in [-0.2, 0) is 4.79 Å². The molecule has 5 heteroatoms. The number of anilines is 1. The fraction of sp³-hybridized carbons (Fsp3) is 0.200. The van der Waals surface area contributed by atoms with Crippen LogP contribution in [0.15, 0.2) is 42.6 Å². The second-order valence-corrected chi connectivity index (χ2v) is 5.29. The van der Waals surface area contributed by atoms with E-state index < -0.39 is 0 Å². The topological polar surface area (TPSA) is 42.0 Å². The molecule has 1 aromatic heterocycles. The smallest absolute Gasteiger partial charge is 0.229 e. The highest BCUT2D eigenvalue weighted by Gasteiger charge is 2.43. The number of carbonyl (C=O) groups is 1. The van der Waals surface area contributed by atoms with Gasteiger partial charge in [0.05, 0.1) is 5.02 Å². The highest BCUT2D eigenvalue weighted by molar-refractivity contribution is 6.30. The summed E-state index contributed by atoms with van der Waals surface area (Å²) in [7, 11) is 0. The van der Waals surface area contributed by atoms with E-state index in [-0.39, 0.29) is 23.6 Å². The van der Waals surface area contributed by atoms with Crippen molar-refractivity contribution in [2.24, 2.45) is 5.92 Å². The van der Waals surface area contributed by atoms with Crippen molar-refractivity contribution in [1.82, 2.24) is 4.98 Å². The molecule has 0 aliphatic heterocycles. The highest BCUT2D eigenvalue weighted by atomic mass is 35.5. The van der Waals surface area contributed by atoms with Crippen molar-refractivity contribution in [2.75, 3.05) is 5.32 Å². The average molecular weight is 291 g/mol. The summed E-state index contributed by atoms with van der Waals surface area (Å²) in [5.41, 5.74) is 0.996. The van der Waals surface area contributed by atoms with Gasteiger partial charge in [0.25, 0.3) is 0 Å². The maximum absolute atomic E-state index is 12.8. The average Bonchev–Trinajstić information content (AvgIpc) is 3.23. The standard InChI is InChI=1S/C15H12ClFN2O/c16-10-3-6-14(18-8-10)19-15(20)13-7-12(13)9-1-4-11(17)5-2-9/h1-6,8,12-13H,7H2,(H,18,19,20)/t12-,13+/m0/s1. The summed E-state index contributed by atoms with van der Waals surface area (Å²) in [6, 6.07) is 9.64. The van der Waals surface area contributed by atoms with Crippen LogP contribution in [0.5, 0.6) is 0 Å². The van der Waals surface area contributed by atoms with Crippen LogP contribution in [0.4, 0.5) is 10.2 Å². The van der Waals surface area contributed by atoms with Crippen LogP contribution in [0.25, 0.3) is 0 Å². The summed E-state index contributed by atoms with van der Waals surface area (Å²) >= 11 is 5.73. The molecule has 1 aromatic carbocycles. The Kier molecular flexibility index (Phi) is 3.40. The van der Waals surface area contributed by atoms with Crippen LogP contribution in [0.3, 0.4) is 0 Å². The SMILES string of the molecule is O=C(Nc1ccc(Cl)cn1)[C@@H]1C[C@H]1c1ccc(F)cc1. The van der Waals surface area contributed by atoms with Crippen LogP contribution < -0.4 is 5.32 Å². The first-order chi connectivity index (χ1) is 9.63. The molecule has 1 aliphatic rings. The third kappa shape index (κ3) is 2.80. The van der Waals surface area contributed by atoms with E-state index >= 15 is 0 Å². The van der Waals surface area contributed by atoms with Crippen molar-refractivity contribution in [3.63, 3.8) is 0 Å². The lowest BCUT2D eigenvalue weighted by Gasteiger charge is -2.04. The van der Waals surface area contributed by atoms with Gasteiger partial charge in [-0.3, -0.25) is 4.79 Å². The van der Waals surface area contributed by atoms with Gasteiger partial charge in [0, 0.05) is 12.1 Å². The predicted octanol–water partition coefficient (Wildman–Crippen LogP) is 3.62. The molecule has 0 unspecified atom stereocenters. The molecule has 102 valence electrons. The first-order valence-corrected chi connectivity index (χ1v) is 6.69. The lowest BCUT2D eigenvalue weighted by molar-refractivity contribution is -0.117. The van der Waals surface area contributed by atoms with Crippen molar-refractivity contribution >= 4 is 23.3 Å². The van der Waals surface area contributed by atoms with E-state index in [2.05, 4.69) is 10.3 Å². The van der Waals surface area contributed by atoms with Gasteiger partial charge in [-0.2, -0.15) is 0 Å². The number of pyridine rings is 1. The number of hydrogen-bond acceptors (Lipinski definition) is 2. The Hall–Kier alpha value is -1.94. The molecule has 0 saturated heterocycles. The van der Waals surface area contributed by atoms with Crippen molar-refractivity contribution in [3.8, 4) is 0 Å². The minimum atomic E-state index is -0.263. The summed E-state index contributed by atoms with van der Waals surface area (Å²) in [5, 5.41) is 3.29. The molecule has 1 amide bonds. The van der Waals surface area contributed by atoms with Crippen LogP contribution in [-0.4, -0.2) is 10.9 Å². The Morgan fingerprint density at radius 2 is 2.00 bits per heavy atom. The third-order valence-corrected chi connectivity index (χ3v) is 3.63. The van der Waals surface area contributed by atoms with E-state index in [1.807, 2.05) is 0 Å². The molecule has 2 atom stereocenters. The number of hydrogen-bond donors (Lipinski definition) is 1. The van der Waals surface area contributed by atoms with E-state index in [1.165, 1.54) is 18.3 Å². The second-order valence-electron chi connectivity index (χ2n) is 4.85. The predicted molar refractivity (Wildman–Crippen MR) is 75.1 cm³/mol. The molecule has 0 spiro atoms.